The van der Waals surface area contributed by atoms with Crippen LogP contribution in [-0.2, 0) is 23.8 Å². The molecule has 1 fully saturated rings. The average Bonchev–Trinajstić information content (AvgIpc) is 1.48. The van der Waals surface area contributed by atoms with Crippen molar-refractivity contribution in [1.82, 2.24) is 30.1 Å². The SMILES string of the molecule is CC(C)N=c1cc2n(-c3ccc(Cl)cc3)c3ccccc3nc-2cc1Nc1ccc(Cl)cc1.CC[C@@H](CO)NCCN[C@@H](CC)CO.CO[C@H]1/C=C/O[C@@]2(C)Oc3c(C)c(O)c4c(O)c(c(/C=N/N5CCN(C)CC5)c(O)c4c3C2=O)NC(=O)/C(C)=C\C=C\[C@H](C)[C@H](O)[C@@H](C)[C@@H](O)[C@@H](C)[C@H](OC(C)=O)[C@@H]1C. The van der Waals surface area contributed by atoms with Crippen molar-refractivity contribution in [2.75, 3.05) is 77.3 Å². The number of carbonyl (C=O) groups excluding carboxylic acids is 3. The van der Waals surface area contributed by atoms with Crippen LogP contribution in [-0.4, -0.2) is 194 Å². The van der Waals surface area contributed by atoms with E-state index in [9.17, 15) is 39.9 Å². The molecule has 5 heterocycles. The number of rotatable bonds is 17. The van der Waals surface area contributed by atoms with Crippen LogP contribution in [0.2, 0.25) is 10.0 Å². The topological polar surface area (TPSA) is 327 Å². The maximum absolute atomic E-state index is 14.4. The van der Waals surface area contributed by atoms with Crippen LogP contribution in [0.5, 0.6) is 23.0 Å². The molecule has 0 aromatic heterocycles. The predicted octanol–water partition coefficient (Wildman–Crippen LogP) is 11.5. The third-order valence-corrected chi connectivity index (χ3v) is 20.1. The van der Waals surface area contributed by atoms with E-state index < -0.39 is 88.8 Å². The van der Waals surface area contributed by atoms with Crippen molar-refractivity contribution >= 4 is 85.9 Å². The number of benzene rings is 6. The number of nitrogens with zero attached hydrogens (tertiary/aromatic N) is 6. The zero-order chi connectivity index (χ0) is 77.4. The van der Waals surface area contributed by atoms with Gasteiger partial charge in [-0.25, -0.2) is 4.98 Å². The summed E-state index contributed by atoms with van der Waals surface area (Å²) in [6.07, 6.45) is 6.74. The lowest BCUT2D eigenvalue weighted by atomic mass is 9.78. The number of halogens is 2. The Morgan fingerprint density at radius 1 is 0.821 bits per heavy atom. The van der Waals surface area contributed by atoms with E-state index in [0.717, 1.165) is 83.9 Å². The van der Waals surface area contributed by atoms with Gasteiger partial charge in [0.1, 0.15) is 23.4 Å². The highest BCUT2D eigenvalue weighted by Crippen LogP contribution is 2.55. The van der Waals surface area contributed by atoms with E-state index >= 15 is 0 Å². The number of carbonyl (C=O) groups is 3. The number of phenols is 3. The predicted molar refractivity (Wildman–Crippen MR) is 417 cm³/mol. The number of anilines is 3. The molecule has 5 aliphatic heterocycles. The number of phenolic OH excluding ortho intramolecular Hbond substituents is 3. The second kappa shape index (κ2) is 37.7. The Balaban J connectivity index is 0.000000250. The van der Waals surface area contributed by atoms with Gasteiger partial charge in [-0.1, -0.05) is 95.1 Å². The van der Waals surface area contributed by atoms with Crippen LogP contribution in [0, 0.1) is 30.6 Å². The van der Waals surface area contributed by atoms with Crippen LogP contribution in [0.3, 0.4) is 0 Å². The number of ether oxygens (including phenoxy) is 4. The average molecular weight is 1500 g/mol. The van der Waals surface area contributed by atoms with Gasteiger partial charge < -0.3 is 85.4 Å². The Morgan fingerprint density at radius 3 is 2.04 bits per heavy atom. The molecule has 1 aliphatic carbocycles. The van der Waals surface area contributed by atoms with Gasteiger partial charge in [-0.15, -0.1) is 0 Å². The van der Waals surface area contributed by atoms with Crippen LogP contribution in [0.15, 0.2) is 131 Å². The number of hydrazone groups is 1. The number of piperazine rings is 1. The minimum absolute atomic E-state index is 0.0559. The molecule has 106 heavy (non-hydrogen) atoms. The minimum atomic E-state index is -2.04. The summed E-state index contributed by atoms with van der Waals surface area (Å²) in [5.74, 6) is -8.34. The highest BCUT2D eigenvalue weighted by atomic mass is 35.5. The van der Waals surface area contributed by atoms with Gasteiger partial charge in [-0.2, -0.15) is 5.10 Å². The number of aromatic nitrogens is 2. The second-order valence-corrected chi connectivity index (χ2v) is 28.6. The fourth-order valence-electron chi connectivity index (χ4n) is 13.0. The Morgan fingerprint density at radius 2 is 1.44 bits per heavy atom. The minimum Gasteiger partial charge on any atom is -0.507 e. The van der Waals surface area contributed by atoms with Crippen LogP contribution in [0.4, 0.5) is 17.1 Å². The number of amides is 1. The number of para-hydroxylation sites is 2. The van der Waals surface area contributed by atoms with E-state index in [1.165, 1.54) is 59.4 Å². The fraction of sp³-hybridized carbons (Fsp3) is 0.450. The molecule has 0 saturated carbocycles. The van der Waals surface area contributed by atoms with Gasteiger partial charge in [0.15, 0.2) is 5.75 Å². The lowest BCUT2D eigenvalue weighted by Crippen LogP contribution is -2.46. The first-order valence-corrected chi connectivity index (χ1v) is 36.8. The van der Waals surface area contributed by atoms with Gasteiger partial charge in [-0.05, 0) is 126 Å². The van der Waals surface area contributed by atoms with Crippen LogP contribution >= 0.6 is 23.2 Å². The summed E-state index contributed by atoms with van der Waals surface area (Å²) in [6, 6.07) is 28.3. The summed E-state index contributed by atoms with van der Waals surface area (Å²) in [5, 5.41) is 96.9. The largest absolute Gasteiger partial charge is 0.507 e. The molecule has 0 spiro atoms. The fourth-order valence-corrected chi connectivity index (χ4v) is 13.3. The van der Waals surface area contributed by atoms with Gasteiger partial charge in [0.25, 0.3) is 11.7 Å². The van der Waals surface area contributed by atoms with Crippen molar-refractivity contribution in [3.63, 3.8) is 0 Å². The quantitative estimate of drug-likeness (QED) is 0.0101. The number of fused-ring (bicyclic) bond motifs is 16. The molecule has 1 saturated heterocycles. The maximum Gasteiger partial charge on any atom is 0.312 e. The summed E-state index contributed by atoms with van der Waals surface area (Å²) in [6.45, 7) is 25.4. The molecular formula is C80H104Cl2N10O14. The molecule has 572 valence electrons. The number of hydrogen-bond acceptors (Lipinski definition) is 22. The third kappa shape index (κ3) is 19.9. The lowest BCUT2D eigenvalue weighted by Gasteiger charge is -2.38. The molecule has 0 radical (unpaired) electrons. The normalized spacial score (nSPS) is 23.7. The van der Waals surface area contributed by atoms with Gasteiger partial charge >= 0.3 is 11.8 Å². The molecule has 0 unspecified atom stereocenters. The van der Waals surface area contributed by atoms with E-state index in [4.69, 9.17) is 62.3 Å². The number of aliphatic hydroxyl groups excluding tert-OH is 4. The Kier molecular flexibility index (Phi) is 29.5. The van der Waals surface area contributed by atoms with E-state index in [1.807, 2.05) is 87.6 Å². The van der Waals surface area contributed by atoms with Crippen molar-refractivity contribution in [1.29, 1.82) is 0 Å². The van der Waals surface area contributed by atoms with Crippen LogP contribution in [0.25, 0.3) is 38.9 Å². The molecule has 11 rings (SSSR count). The number of nitrogens with one attached hydrogen (secondary N) is 4. The number of ketones is 1. The first kappa shape index (κ1) is 83.0. The number of aliphatic hydroxyl groups is 4. The first-order valence-electron chi connectivity index (χ1n) is 36.0. The number of aromatic hydroxyl groups is 3. The van der Waals surface area contributed by atoms with Crippen LogP contribution in [0.1, 0.15) is 110 Å². The highest BCUT2D eigenvalue weighted by molar-refractivity contribution is 6.31. The van der Waals surface area contributed by atoms with E-state index in [1.54, 1.807) is 44.9 Å². The Hall–Kier alpha value is -8.66. The molecule has 11 atom stereocenters. The molecule has 5 aromatic rings. The summed E-state index contributed by atoms with van der Waals surface area (Å²) >= 11 is 12.2. The van der Waals surface area contributed by atoms with Crippen molar-refractivity contribution in [2.24, 2.45) is 33.8 Å². The second-order valence-electron chi connectivity index (χ2n) is 27.7. The van der Waals surface area contributed by atoms with E-state index in [-0.39, 0.29) is 75.8 Å². The molecule has 11 N–H and O–H groups in total. The van der Waals surface area contributed by atoms with Gasteiger partial charge in [0, 0.05) is 140 Å². The Labute approximate surface area is 630 Å². The number of methoxy groups -OCH3 is 1. The summed E-state index contributed by atoms with van der Waals surface area (Å²) < 4.78 is 25.8. The van der Waals surface area contributed by atoms with Crippen molar-refractivity contribution in [3.8, 4) is 40.1 Å². The van der Waals surface area contributed by atoms with Gasteiger partial charge in [0.05, 0.1) is 99.7 Å². The summed E-state index contributed by atoms with van der Waals surface area (Å²) in [4.78, 5) is 52.5. The zero-order valence-corrected chi connectivity index (χ0v) is 64.4. The van der Waals surface area contributed by atoms with Crippen molar-refractivity contribution < 1.29 is 69.1 Å². The molecule has 5 aromatic carbocycles. The summed E-state index contributed by atoms with van der Waals surface area (Å²) in [7, 11) is 3.42. The standard InChI is InChI=1S/C43H58N4O12.C27H22Cl2N4.C10H24N2O2/c1-21-12-11-13-22(2)42(55)45-33-28(20-44-47-17-15-46(9)16-18-47)37(52)30-31(38(33)53)36(51)26(6)40-32(30)41(54)43(8,59-40)57-19-14-29(56-10)23(3)39(58-27(7)48)25(5)35(50)24(4)34(21)49;1-17(2)30-24-16-27-25(15-23(24)31-20-11-7-18(28)8-12-20)32-22-5-3-4-6-26(22)33(27)21-13-9-19(29)10-14-21;1-3-9(7-13)11-5-6-12-10(4-2)8-14/h11-14,19-21,23-25,29,34-35,39,49-53H,15-18H2,1-10H3,(H,45,55);3-17,31H,1-2H3;9-14H,3-8H2,1-2H3/b12-11+,19-14+,22-13-,44-20+;;/t21-,23+,24+,25+,29-,34-,35+,39+,43-;;9-,10-/m0.0/s1. The van der Waals surface area contributed by atoms with E-state index in [2.05, 4.69) is 67.9 Å². The van der Waals surface area contributed by atoms with Crippen molar-refractivity contribution in [3.05, 3.63) is 153 Å². The highest BCUT2D eigenvalue weighted by Gasteiger charge is 2.50. The van der Waals surface area contributed by atoms with Crippen molar-refractivity contribution in [2.45, 2.75) is 144 Å². The number of esters is 1. The van der Waals surface area contributed by atoms with E-state index in [0.29, 0.717) is 23.1 Å². The first-order chi connectivity index (χ1) is 50.5. The maximum atomic E-state index is 14.4. The zero-order valence-electron chi connectivity index (χ0n) is 62.9. The molecule has 5 bridgehead atoms. The third-order valence-electron chi connectivity index (χ3n) is 19.6. The molecular weight excluding hydrogens is 1400 g/mol. The summed E-state index contributed by atoms with van der Waals surface area (Å²) in [5.41, 5.74) is 6.25. The molecule has 24 nitrogen and oxygen atoms in total. The van der Waals surface area contributed by atoms with Crippen LogP contribution < -0.4 is 31.4 Å². The molecule has 1 amide bonds. The lowest BCUT2D eigenvalue weighted by molar-refractivity contribution is -0.160. The van der Waals surface area contributed by atoms with Gasteiger partial charge in [0.2, 0.25) is 0 Å². The monoisotopic (exact) mass is 1500 g/mol. The number of likely N-dealkylation sites (N-methyl/N-ethyl adjacent to an activating group) is 1. The van der Waals surface area contributed by atoms with Gasteiger partial charge in [-0.3, -0.25) is 24.4 Å². The molecule has 6 aliphatic rings. The Bertz CT molecular complexity index is 4330. The number of Topliss-reactive ketones (excluding diaryl/α,β-unsaturated/α-hetero) is 1. The number of hydrogen-bond donors (Lipinski definition) is 11. The smallest absolute Gasteiger partial charge is 0.312 e. The number of allylic oxidation sites excluding steroid dienone is 2. The molecule has 26 heteroatoms.